The van der Waals surface area contributed by atoms with Crippen LogP contribution in [0.3, 0.4) is 0 Å². The molecule has 1 amide bonds. The third kappa shape index (κ3) is 4.71. The predicted molar refractivity (Wildman–Crippen MR) is 89.1 cm³/mol. The highest BCUT2D eigenvalue weighted by atomic mass is 16.6. The molecule has 0 N–H and O–H groups in total. The minimum Gasteiger partial charge on any atom is -0.450 e. The maximum absolute atomic E-state index is 11.8. The van der Waals surface area contributed by atoms with Crippen molar-refractivity contribution in [2.24, 2.45) is 0 Å². The van der Waals surface area contributed by atoms with Crippen LogP contribution in [0, 0.1) is 0 Å². The first-order valence-corrected chi connectivity index (χ1v) is 8.64. The summed E-state index contributed by atoms with van der Waals surface area (Å²) in [7, 11) is 0. The van der Waals surface area contributed by atoms with Crippen molar-refractivity contribution in [3.8, 4) is 0 Å². The molecule has 2 heterocycles. The molecule has 0 bridgehead atoms. The summed E-state index contributed by atoms with van der Waals surface area (Å²) < 4.78 is 5.09. The molecule has 126 valence electrons. The van der Waals surface area contributed by atoms with Gasteiger partial charge in [-0.3, -0.25) is 9.80 Å². The number of hydrogen-bond acceptors (Lipinski definition) is 4. The molecule has 22 heavy (non-hydrogen) atoms. The van der Waals surface area contributed by atoms with Crippen LogP contribution >= 0.6 is 0 Å². The van der Waals surface area contributed by atoms with Crippen molar-refractivity contribution < 1.29 is 9.53 Å². The number of nitrogens with zero attached hydrogens (tertiary/aromatic N) is 3. The number of carbonyl (C=O) groups is 1. The number of rotatable bonds is 4. The van der Waals surface area contributed by atoms with E-state index in [4.69, 9.17) is 4.74 Å². The fourth-order valence-corrected chi connectivity index (χ4v) is 3.40. The largest absolute Gasteiger partial charge is 0.450 e. The number of piperidine rings is 1. The SMILES string of the molecule is C/C=C(\C)CN1CCC[C@H](N2CCN(C(=O)OCC)CC2)C1. The summed E-state index contributed by atoms with van der Waals surface area (Å²) in [5.74, 6) is 0. The van der Waals surface area contributed by atoms with Crippen molar-refractivity contribution in [1.82, 2.24) is 14.7 Å². The van der Waals surface area contributed by atoms with E-state index >= 15 is 0 Å². The van der Waals surface area contributed by atoms with E-state index in [1.165, 1.54) is 25.0 Å². The Morgan fingerprint density at radius 2 is 1.95 bits per heavy atom. The number of carbonyl (C=O) groups excluding carboxylic acids is 1. The molecule has 0 spiro atoms. The van der Waals surface area contributed by atoms with Crippen LogP contribution in [0.5, 0.6) is 0 Å². The van der Waals surface area contributed by atoms with Crippen molar-refractivity contribution in [1.29, 1.82) is 0 Å². The van der Waals surface area contributed by atoms with Crippen LogP contribution in [0.1, 0.15) is 33.6 Å². The Morgan fingerprint density at radius 3 is 2.59 bits per heavy atom. The molecule has 1 atom stereocenters. The van der Waals surface area contributed by atoms with E-state index in [9.17, 15) is 4.79 Å². The van der Waals surface area contributed by atoms with Crippen molar-refractivity contribution >= 4 is 6.09 Å². The first-order valence-electron chi connectivity index (χ1n) is 8.64. The summed E-state index contributed by atoms with van der Waals surface area (Å²) >= 11 is 0. The first kappa shape index (κ1) is 17.3. The Hall–Kier alpha value is -1.07. The number of allylic oxidation sites excluding steroid dienone is 1. The lowest BCUT2D eigenvalue weighted by Crippen LogP contribution is -2.56. The van der Waals surface area contributed by atoms with Gasteiger partial charge in [-0.15, -0.1) is 0 Å². The van der Waals surface area contributed by atoms with E-state index < -0.39 is 0 Å². The predicted octanol–water partition coefficient (Wildman–Crippen LogP) is 2.19. The molecule has 5 heteroatoms. The van der Waals surface area contributed by atoms with Crippen molar-refractivity contribution in [3.05, 3.63) is 11.6 Å². The molecule has 0 aromatic rings. The van der Waals surface area contributed by atoms with E-state index in [0.717, 1.165) is 39.3 Å². The minimum absolute atomic E-state index is 0.156. The molecule has 2 aliphatic rings. The Morgan fingerprint density at radius 1 is 1.23 bits per heavy atom. The summed E-state index contributed by atoms with van der Waals surface area (Å²) in [5, 5.41) is 0. The molecule has 0 radical (unpaired) electrons. The van der Waals surface area contributed by atoms with Crippen molar-refractivity contribution in [3.63, 3.8) is 0 Å². The van der Waals surface area contributed by atoms with Gasteiger partial charge in [-0.05, 0) is 40.2 Å². The van der Waals surface area contributed by atoms with Gasteiger partial charge in [0.2, 0.25) is 0 Å². The van der Waals surface area contributed by atoms with Gasteiger partial charge in [0.1, 0.15) is 0 Å². The zero-order valence-corrected chi connectivity index (χ0v) is 14.4. The van der Waals surface area contributed by atoms with Crippen LogP contribution < -0.4 is 0 Å². The number of amides is 1. The lowest BCUT2D eigenvalue weighted by atomic mass is 10.0. The number of piperazine rings is 1. The molecule has 0 aromatic heterocycles. The molecular formula is C17H31N3O2. The van der Waals surface area contributed by atoms with Crippen molar-refractivity contribution in [2.75, 3.05) is 52.4 Å². The Bertz CT molecular complexity index is 389. The quantitative estimate of drug-likeness (QED) is 0.746. The molecule has 2 fully saturated rings. The standard InChI is InChI=1S/C17H31N3O2/c1-4-15(3)13-18-8-6-7-16(14-18)19-9-11-20(12-10-19)17(21)22-5-2/h4,16H,5-14H2,1-3H3/b15-4+/t16-/m0/s1. The highest BCUT2D eigenvalue weighted by Gasteiger charge is 2.29. The van der Waals surface area contributed by atoms with E-state index in [1.54, 1.807) is 0 Å². The summed E-state index contributed by atoms with van der Waals surface area (Å²) in [6.45, 7) is 13.6. The minimum atomic E-state index is -0.156. The Labute approximate surface area is 134 Å². The molecule has 2 aliphatic heterocycles. The monoisotopic (exact) mass is 309 g/mol. The maximum Gasteiger partial charge on any atom is 0.409 e. The fraction of sp³-hybridized carbons (Fsp3) is 0.824. The highest BCUT2D eigenvalue weighted by molar-refractivity contribution is 5.67. The second-order valence-corrected chi connectivity index (χ2v) is 6.39. The molecule has 2 rings (SSSR count). The van der Waals surface area contributed by atoms with Gasteiger partial charge in [0.15, 0.2) is 0 Å². The number of likely N-dealkylation sites (tertiary alicyclic amines) is 1. The third-order valence-corrected chi connectivity index (χ3v) is 4.80. The average Bonchev–Trinajstić information content (AvgIpc) is 2.55. The van der Waals surface area contributed by atoms with Gasteiger partial charge in [0, 0.05) is 45.3 Å². The van der Waals surface area contributed by atoms with Crippen LogP contribution in [-0.4, -0.2) is 79.3 Å². The smallest absolute Gasteiger partial charge is 0.409 e. The molecule has 0 saturated carbocycles. The number of hydrogen-bond donors (Lipinski definition) is 0. The lowest BCUT2D eigenvalue weighted by molar-refractivity contribution is 0.0445. The molecule has 0 unspecified atom stereocenters. The first-order chi connectivity index (χ1) is 10.6. The molecular weight excluding hydrogens is 278 g/mol. The summed E-state index contributed by atoms with van der Waals surface area (Å²) in [6.07, 6.45) is 4.61. The van der Waals surface area contributed by atoms with E-state index in [2.05, 4.69) is 29.7 Å². The highest BCUT2D eigenvalue weighted by Crippen LogP contribution is 2.18. The van der Waals surface area contributed by atoms with Gasteiger partial charge in [-0.1, -0.05) is 11.6 Å². The molecule has 5 nitrogen and oxygen atoms in total. The van der Waals surface area contributed by atoms with Crippen LogP contribution in [0.15, 0.2) is 11.6 Å². The second kappa shape index (κ2) is 8.53. The average molecular weight is 309 g/mol. The Kier molecular flexibility index (Phi) is 6.70. The Balaban J connectivity index is 1.79. The molecule has 0 aliphatic carbocycles. The molecule has 0 aromatic carbocycles. The van der Waals surface area contributed by atoms with E-state index in [-0.39, 0.29) is 6.09 Å². The van der Waals surface area contributed by atoms with Gasteiger partial charge in [0.25, 0.3) is 0 Å². The molecule has 2 saturated heterocycles. The summed E-state index contributed by atoms with van der Waals surface area (Å²) in [4.78, 5) is 18.7. The van der Waals surface area contributed by atoms with Gasteiger partial charge in [0.05, 0.1) is 6.61 Å². The van der Waals surface area contributed by atoms with Gasteiger partial charge in [-0.2, -0.15) is 0 Å². The van der Waals surface area contributed by atoms with Gasteiger partial charge >= 0.3 is 6.09 Å². The number of ether oxygens (including phenoxy) is 1. The summed E-state index contributed by atoms with van der Waals surface area (Å²) in [6, 6.07) is 0.641. The van der Waals surface area contributed by atoms with E-state index in [0.29, 0.717) is 12.6 Å². The summed E-state index contributed by atoms with van der Waals surface area (Å²) in [5.41, 5.74) is 1.45. The van der Waals surface area contributed by atoms with Crippen LogP contribution in [-0.2, 0) is 4.74 Å². The maximum atomic E-state index is 11.8. The second-order valence-electron chi connectivity index (χ2n) is 6.39. The third-order valence-electron chi connectivity index (χ3n) is 4.80. The van der Waals surface area contributed by atoms with Gasteiger partial charge < -0.3 is 9.64 Å². The zero-order chi connectivity index (χ0) is 15.9. The van der Waals surface area contributed by atoms with E-state index in [1.807, 2.05) is 11.8 Å². The lowest BCUT2D eigenvalue weighted by Gasteiger charge is -2.43. The zero-order valence-electron chi connectivity index (χ0n) is 14.4. The van der Waals surface area contributed by atoms with Crippen LogP contribution in [0.25, 0.3) is 0 Å². The normalized spacial score (nSPS) is 25.3. The van der Waals surface area contributed by atoms with Crippen molar-refractivity contribution in [2.45, 2.75) is 39.7 Å². The van der Waals surface area contributed by atoms with Crippen LogP contribution in [0.2, 0.25) is 0 Å². The topological polar surface area (TPSA) is 36.0 Å². The van der Waals surface area contributed by atoms with Gasteiger partial charge in [-0.25, -0.2) is 4.79 Å². The van der Waals surface area contributed by atoms with Crippen LogP contribution in [0.4, 0.5) is 4.79 Å². The fourth-order valence-electron chi connectivity index (χ4n) is 3.40.